The Balaban J connectivity index is 1.69. The van der Waals surface area contributed by atoms with Gasteiger partial charge in [0.2, 0.25) is 10.0 Å². The van der Waals surface area contributed by atoms with Crippen molar-refractivity contribution in [1.29, 1.82) is 0 Å². The topological polar surface area (TPSA) is 67.9 Å². The molecule has 27 heavy (non-hydrogen) atoms. The monoisotopic (exact) mass is 430 g/mol. The summed E-state index contributed by atoms with van der Waals surface area (Å²) in [5.74, 6) is 0.319. The maximum atomic E-state index is 12.6. The molecule has 0 radical (unpaired) electrons. The Morgan fingerprint density at radius 1 is 1.07 bits per heavy atom. The second kappa shape index (κ2) is 8.67. The molecule has 1 heterocycles. The van der Waals surface area contributed by atoms with E-state index >= 15 is 0 Å². The molecule has 0 spiro atoms. The molecule has 1 fully saturated rings. The first kappa shape index (κ1) is 20.2. The number of rotatable bonds is 6. The van der Waals surface area contributed by atoms with Crippen LogP contribution in [0.1, 0.15) is 5.56 Å². The van der Waals surface area contributed by atoms with Gasteiger partial charge in [0.05, 0.1) is 25.3 Å². The van der Waals surface area contributed by atoms with Crippen LogP contribution in [0.3, 0.4) is 0 Å². The quantitative estimate of drug-likeness (QED) is 0.760. The van der Waals surface area contributed by atoms with E-state index in [2.05, 4.69) is 9.62 Å². The van der Waals surface area contributed by atoms with Crippen molar-refractivity contribution in [2.24, 2.45) is 0 Å². The summed E-state index contributed by atoms with van der Waals surface area (Å²) in [4.78, 5) is 2.15. The third kappa shape index (κ3) is 4.67. The minimum Gasteiger partial charge on any atom is -0.495 e. The SMILES string of the molecule is COc1ccc(S(=O)(=O)NCc2ccc(N3CCOCC3)cc2)c(Cl)c1Cl. The first-order chi connectivity index (χ1) is 12.9. The molecule has 1 aliphatic rings. The van der Waals surface area contributed by atoms with Crippen LogP contribution in [0.5, 0.6) is 5.75 Å². The Bertz CT molecular complexity index is 898. The highest BCUT2D eigenvalue weighted by Crippen LogP contribution is 2.36. The highest BCUT2D eigenvalue weighted by atomic mass is 35.5. The summed E-state index contributed by atoms with van der Waals surface area (Å²) < 4.78 is 38.1. The number of morpholine rings is 1. The van der Waals surface area contributed by atoms with E-state index in [4.69, 9.17) is 32.7 Å². The van der Waals surface area contributed by atoms with E-state index in [0.717, 1.165) is 24.3 Å². The van der Waals surface area contributed by atoms with Gasteiger partial charge in [-0.05, 0) is 29.8 Å². The Hall–Kier alpha value is -1.51. The fourth-order valence-electron chi connectivity index (χ4n) is 2.78. The van der Waals surface area contributed by atoms with Gasteiger partial charge in [0.25, 0.3) is 0 Å². The third-order valence-corrected chi connectivity index (χ3v) is 6.72. The summed E-state index contributed by atoms with van der Waals surface area (Å²) in [6.07, 6.45) is 0. The number of nitrogens with one attached hydrogen (secondary N) is 1. The van der Waals surface area contributed by atoms with Gasteiger partial charge in [0, 0.05) is 25.3 Å². The van der Waals surface area contributed by atoms with E-state index in [-0.39, 0.29) is 21.5 Å². The van der Waals surface area contributed by atoms with Gasteiger partial charge in [-0.15, -0.1) is 0 Å². The van der Waals surface area contributed by atoms with Crippen molar-refractivity contribution in [2.45, 2.75) is 11.4 Å². The molecule has 0 atom stereocenters. The van der Waals surface area contributed by atoms with Gasteiger partial charge >= 0.3 is 0 Å². The molecule has 0 bridgehead atoms. The number of ether oxygens (including phenoxy) is 2. The van der Waals surface area contributed by atoms with Gasteiger partial charge in [0.15, 0.2) is 0 Å². The van der Waals surface area contributed by atoms with Crippen molar-refractivity contribution in [3.63, 3.8) is 0 Å². The lowest BCUT2D eigenvalue weighted by Gasteiger charge is -2.28. The fourth-order valence-corrected chi connectivity index (χ4v) is 4.64. The maximum Gasteiger partial charge on any atom is 0.242 e. The second-order valence-corrected chi connectivity index (χ2v) is 8.48. The van der Waals surface area contributed by atoms with E-state index in [1.807, 2.05) is 24.3 Å². The normalized spacial score (nSPS) is 15.0. The van der Waals surface area contributed by atoms with Gasteiger partial charge < -0.3 is 14.4 Å². The summed E-state index contributed by atoms with van der Waals surface area (Å²) in [5.41, 5.74) is 1.93. The van der Waals surface area contributed by atoms with Crippen molar-refractivity contribution >= 4 is 38.9 Å². The lowest BCUT2D eigenvalue weighted by atomic mass is 10.2. The number of hydrogen-bond donors (Lipinski definition) is 1. The molecule has 146 valence electrons. The van der Waals surface area contributed by atoms with Crippen LogP contribution >= 0.6 is 23.2 Å². The zero-order valence-electron chi connectivity index (χ0n) is 14.7. The van der Waals surface area contributed by atoms with E-state index in [1.54, 1.807) is 0 Å². The van der Waals surface area contributed by atoms with Crippen LogP contribution in [-0.2, 0) is 21.3 Å². The minimum atomic E-state index is -3.82. The van der Waals surface area contributed by atoms with Crippen molar-refractivity contribution in [1.82, 2.24) is 4.72 Å². The number of anilines is 1. The van der Waals surface area contributed by atoms with Crippen LogP contribution in [0.4, 0.5) is 5.69 Å². The smallest absolute Gasteiger partial charge is 0.242 e. The van der Waals surface area contributed by atoms with Gasteiger partial charge in [0.1, 0.15) is 15.7 Å². The molecular formula is C18H20Cl2N2O4S. The molecule has 0 aromatic heterocycles. The molecule has 2 aromatic rings. The van der Waals surface area contributed by atoms with Crippen LogP contribution in [0.25, 0.3) is 0 Å². The molecule has 2 aromatic carbocycles. The molecule has 1 aliphatic heterocycles. The Morgan fingerprint density at radius 3 is 2.37 bits per heavy atom. The average molecular weight is 431 g/mol. The van der Waals surface area contributed by atoms with Gasteiger partial charge in [-0.25, -0.2) is 13.1 Å². The summed E-state index contributed by atoms with van der Waals surface area (Å²) in [6.45, 7) is 3.27. The number of benzene rings is 2. The molecule has 9 heteroatoms. The highest BCUT2D eigenvalue weighted by molar-refractivity contribution is 7.89. The van der Waals surface area contributed by atoms with Crippen molar-refractivity contribution in [3.8, 4) is 5.75 Å². The molecule has 0 amide bonds. The standard InChI is InChI=1S/C18H20Cl2N2O4S/c1-25-15-6-7-16(18(20)17(15)19)27(23,24)21-12-13-2-4-14(5-3-13)22-8-10-26-11-9-22/h2-7,21H,8-12H2,1H3. The van der Waals surface area contributed by atoms with Crippen molar-refractivity contribution in [2.75, 3.05) is 38.3 Å². The average Bonchev–Trinajstić information content (AvgIpc) is 2.69. The Morgan fingerprint density at radius 2 is 1.74 bits per heavy atom. The van der Waals surface area contributed by atoms with Gasteiger partial charge in [-0.2, -0.15) is 0 Å². The van der Waals surface area contributed by atoms with E-state index < -0.39 is 10.0 Å². The van der Waals surface area contributed by atoms with Crippen LogP contribution < -0.4 is 14.4 Å². The molecular weight excluding hydrogens is 411 g/mol. The lowest BCUT2D eigenvalue weighted by molar-refractivity contribution is 0.122. The number of sulfonamides is 1. The van der Waals surface area contributed by atoms with Crippen molar-refractivity contribution in [3.05, 3.63) is 52.0 Å². The third-order valence-electron chi connectivity index (χ3n) is 4.30. The Kier molecular flexibility index (Phi) is 6.49. The molecule has 3 rings (SSSR count). The number of hydrogen-bond acceptors (Lipinski definition) is 5. The van der Waals surface area contributed by atoms with Crippen LogP contribution in [0, 0.1) is 0 Å². The summed E-state index contributed by atoms with van der Waals surface area (Å²) in [7, 11) is -2.38. The van der Waals surface area contributed by atoms with E-state index in [1.165, 1.54) is 19.2 Å². The molecule has 6 nitrogen and oxygen atoms in total. The second-order valence-electron chi connectivity index (χ2n) is 5.98. The molecule has 1 N–H and O–H groups in total. The molecule has 0 saturated carbocycles. The zero-order chi connectivity index (χ0) is 19.4. The summed E-state index contributed by atoms with van der Waals surface area (Å²) in [5, 5.41) is 0.00286. The zero-order valence-corrected chi connectivity index (χ0v) is 17.1. The summed E-state index contributed by atoms with van der Waals surface area (Å²) >= 11 is 12.2. The predicted octanol–water partition coefficient (Wildman–Crippen LogP) is 3.32. The number of methoxy groups -OCH3 is 1. The first-order valence-electron chi connectivity index (χ1n) is 8.35. The molecule has 1 saturated heterocycles. The maximum absolute atomic E-state index is 12.6. The fraction of sp³-hybridized carbons (Fsp3) is 0.333. The largest absolute Gasteiger partial charge is 0.495 e. The first-order valence-corrected chi connectivity index (χ1v) is 10.6. The molecule has 0 aliphatic carbocycles. The summed E-state index contributed by atoms with van der Waals surface area (Å²) in [6, 6.07) is 10.6. The van der Waals surface area contributed by atoms with Gasteiger partial charge in [-0.3, -0.25) is 0 Å². The molecule has 0 unspecified atom stereocenters. The minimum absolute atomic E-state index is 0.0637. The highest BCUT2D eigenvalue weighted by Gasteiger charge is 2.21. The van der Waals surface area contributed by atoms with E-state index in [0.29, 0.717) is 19.0 Å². The number of nitrogens with zero attached hydrogens (tertiary/aromatic N) is 1. The lowest BCUT2D eigenvalue weighted by Crippen LogP contribution is -2.36. The predicted molar refractivity (Wildman–Crippen MR) is 107 cm³/mol. The van der Waals surface area contributed by atoms with E-state index in [9.17, 15) is 8.42 Å². The van der Waals surface area contributed by atoms with Crippen LogP contribution in [0.15, 0.2) is 41.3 Å². The van der Waals surface area contributed by atoms with Crippen molar-refractivity contribution < 1.29 is 17.9 Å². The Labute approximate surface area is 169 Å². The van der Waals surface area contributed by atoms with Gasteiger partial charge in [-0.1, -0.05) is 35.3 Å². The van der Waals surface area contributed by atoms with Crippen LogP contribution in [-0.4, -0.2) is 41.8 Å². The van der Waals surface area contributed by atoms with Crippen LogP contribution in [0.2, 0.25) is 10.0 Å². The number of halogens is 2.